The van der Waals surface area contributed by atoms with Crippen LogP contribution in [0.5, 0.6) is 11.6 Å². The number of carbonyl (C=O) groups excluding carboxylic acids is 4. The summed E-state index contributed by atoms with van der Waals surface area (Å²) in [5.74, 6) is -1.35. The molecule has 7 rings (SSSR count). The number of rotatable bonds is 13. The lowest BCUT2D eigenvalue weighted by Gasteiger charge is -2.27. The van der Waals surface area contributed by atoms with Crippen molar-refractivity contribution in [1.29, 1.82) is 0 Å². The van der Waals surface area contributed by atoms with Crippen LogP contribution >= 0.6 is 0 Å². The molecule has 0 saturated carbocycles. The Hall–Kier alpha value is -5.73. The molecule has 0 spiro atoms. The van der Waals surface area contributed by atoms with Gasteiger partial charge in [-0.15, -0.1) is 0 Å². The zero-order valence-corrected chi connectivity index (χ0v) is 26.6. The molecule has 1 atom stereocenters. The first kappa shape index (κ1) is 31.8. The van der Waals surface area contributed by atoms with E-state index in [-0.39, 0.29) is 37.2 Å². The van der Waals surface area contributed by atoms with Crippen LogP contribution in [0.15, 0.2) is 67.1 Å². The van der Waals surface area contributed by atoms with Crippen LogP contribution in [-0.4, -0.2) is 93.7 Å². The summed E-state index contributed by atoms with van der Waals surface area (Å²) in [6, 6.07) is 13.3. The molecule has 49 heavy (non-hydrogen) atoms. The summed E-state index contributed by atoms with van der Waals surface area (Å²) < 4.78 is 24.6. The molecule has 1 unspecified atom stereocenters. The number of nitrogens with one attached hydrogen (secondary N) is 1. The minimum Gasteiger partial charge on any atom is -0.491 e. The van der Waals surface area contributed by atoms with Crippen LogP contribution in [0.1, 0.15) is 33.6 Å². The highest BCUT2D eigenvalue weighted by Gasteiger charge is 2.44. The molecule has 1 N–H and O–H groups in total. The minimum absolute atomic E-state index is 0.0616. The van der Waals surface area contributed by atoms with Crippen LogP contribution in [0, 0.1) is 0 Å². The van der Waals surface area contributed by atoms with Gasteiger partial charge in [0.15, 0.2) is 0 Å². The Morgan fingerprint density at radius 2 is 1.59 bits per heavy atom. The Kier molecular flexibility index (Phi) is 8.96. The first-order valence-electron chi connectivity index (χ1n) is 15.8. The van der Waals surface area contributed by atoms with Crippen molar-refractivity contribution in [2.75, 3.05) is 39.6 Å². The summed E-state index contributed by atoms with van der Waals surface area (Å²) in [5.41, 5.74) is 4.00. The number of amides is 4. The number of benzene rings is 1. The standard InChI is InChI=1S/C35H32N6O8/c1-40-28-10-11-36-20-26(28)23-5-6-27(38-32(23)40)21-2-9-31(37-19-21)49-17-15-47-13-12-46-14-16-48-22-3-4-24-25(18-22)35(45)41(34(24)44)29-7-8-30(42)39-33(29)43/h2-6,9-11,18-20,29H,7-8,12-17H2,1H3,(H,39,42,43). The van der Waals surface area contributed by atoms with Crippen LogP contribution in [0.4, 0.5) is 0 Å². The van der Waals surface area contributed by atoms with Crippen LogP contribution in [0.25, 0.3) is 33.2 Å². The van der Waals surface area contributed by atoms with Crippen molar-refractivity contribution >= 4 is 45.6 Å². The van der Waals surface area contributed by atoms with Gasteiger partial charge in [-0.1, -0.05) is 0 Å². The van der Waals surface area contributed by atoms with Gasteiger partial charge in [0.25, 0.3) is 11.8 Å². The third-order valence-electron chi connectivity index (χ3n) is 8.43. The average Bonchev–Trinajstić information content (AvgIpc) is 3.54. The molecule has 1 saturated heterocycles. The fourth-order valence-corrected chi connectivity index (χ4v) is 5.98. The number of nitrogens with zero attached hydrogens (tertiary/aromatic N) is 5. The van der Waals surface area contributed by atoms with E-state index in [2.05, 4.69) is 25.9 Å². The number of hydrogen-bond donors (Lipinski definition) is 1. The number of pyridine rings is 3. The third-order valence-corrected chi connectivity index (χ3v) is 8.43. The molecule has 4 amide bonds. The molecule has 0 aliphatic carbocycles. The van der Waals surface area contributed by atoms with Crippen molar-refractivity contribution in [1.82, 2.24) is 29.7 Å². The molecule has 6 heterocycles. The van der Waals surface area contributed by atoms with Crippen molar-refractivity contribution in [2.24, 2.45) is 7.05 Å². The Balaban J connectivity index is 0.793. The van der Waals surface area contributed by atoms with Gasteiger partial charge in [-0.05, 0) is 48.9 Å². The van der Waals surface area contributed by atoms with E-state index in [0.717, 1.165) is 38.1 Å². The van der Waals surface area contributed by atoms with E-state index in [1.807, 2.05) is 31.4 Å². The summed E-state index contributed by atoms with van der Waals surface area (Å²) in [7, 11) is 1.99. The van der Waals surface area contributed by atoms with E-state index in [9.17, 15) is 19.2 Å². The third kappa shape index (κ3) is 6.43. The molecule has 250 valence electrons. The highest BCUT2D eigenvalue weighted by atomic mass is 16.6. The molecule has 0 radical (unpaired) electrons. The largest absolute Gasteiger partial charge is 0.491 e. The SMILES string of the molecule is Cn1c2ccncc2c2ccc(-c3ccc(OCCOCCOCCOc4ccc5c(c4)C(=O)N(C4CCC(=O)NC4=O)C5=O)nc3)nc21. The second kappa shape index (κ2) is 13.8. The fraction of sp³-hybridized carbons (Fsp3) is 0.286. The van der Waals surface area contributed by atoms with Gasteiger partial charge in [-0.25, -0.2) is 9.97 Å². The Morgan fingerprint density at radius 1 is 0.816 bits per heavy atom. The van der Waals surface area contributed by atoms with Crippen LogP contribution < -0.4 is 14.8 Å². The molecular weight excluding hydrogens is 632 g/mol. The molecule has 14 heteroatoms. The van der Waals surface area contributed by atoms with Crippen LogP contribution in [-0.2, 0) is 26.1 Å². The van der Waals surface area contributed by atoms with E-state index in [1.165, 1.54) is 12.1 Å². The van der Waals surface area contributed by atoms with Crippen molar-refractivity contribution in [3.05, 3.63) is 78.2 Å². The molecule has 1 aromatic carbocycles. The first-order chi connectivity index (χ1) is 23.9. The maximum Gasteiger partial charge on any atom is 0.262 e. The smallest absolute Gasteiger partial charge is 0.262 e. The van der Waals surface area contributed by atoms with Gasteiger partial charge in [0.1, 0.15) is 30.7 Å². The number of piperidine rings is 1. The quantitative estimate of drug-likeness (QED) is 0.145. The van der Waals surface area contributed by atoms with Crippen molar-refractivity contribution < 1.29 is 38.1 Å². The van der Waals surface area contributed by atoms with Gasteiger partial charge < -0.3 is 23.5 Å². The first-order valence-corrected chi connectivity index (χ1v) is 15.8. The normalized spacial score (nSPS) is 16.0. The van der Waals surface area contributed by atoms with Crippen molar-refractivity contribution in [3.8, 4) is 22.9 Å². The Labute approximate surface area is 279 Å². The minimum atomic E-state index is -1.01. The zero-order valence-electron chi connectivity index (χ0n) is 26.6. The van der Waals surface area contributed by atoms with E-state index in [1.54, 1.807) is 24.5 Å². The van der Waals surface area contributed by atoms with E-state index in [4.69, 9.17) is 23.9 Å². The molecule has 2 aliphatic rings. The number of aryl methyl sites for hydroxylation is 1. The summed E-state index contributed by atoms with van der Waals surface area (Å²) in [6.45, 7) is 1.88. The zero-order chi connectivity index (χ0) is 33.9. The Bertz CT molecular complexity index is 2080. The van der Waals surface area contributed by atoms with E-state index >= 15 is 0 Å². The predicted octanol–water partition coefficient (Wildman–Crippen LogP) is 3.08. The molecule has 1 fully saturated rings. The van der Waals surface area contributed by atoms with Crippen molar-refractivity contribution in [3.63, 3.8) is 0 Å². The van der Waals surface area contributed by atoms with E-state index < -0.39 is 29.7 Å². The summed E-state index contributed by atoms with van der Waals surface area (Å²) in [6.07, 6.45) is 5.53. The van der Waals surface area contributed by atoms with Gasteiger partial charge >= 0.3 is 0 Å². The highest BCUT2D eigenvalue weighted by molar-refractivity contribution is 6.23. The number of carbonyl (C=O) groups is 4. The fourth-order valence-electron chi connectivity index (χ4n) is 5.98. The molecule has 0 bridgehead atoms. The van der Waals surface area contributed by atoms with Crippen LogP contribution in [0.2, 0.25) is 0 Å². The van der Waals surface area contributed by atoms with Gasteiger partial charge in [0, 0.05) is 54.5 Å². The topological polar surface area (TPSA) is 164 Å². The lowest BCUT2D eigenvalue weighted by Crippen LogP contribution is -2.54. The maximum atomic E-state index is 13.0. The molecule has 14 nitrogen and oxygen atoms in total. The maximum absolute atomic E-state index is 13.0. The Morgan fingerprint density at radius 3 is 2.37 bits per heavy atom. The van der Waals surface area contributed by atoms with Gasteiger partial charge in [-0.3, -0.25) is 34.4 Å². The summed E-state index contributed by atoms with van der Waals surface area (Å²) in [5, 5.41) is 4.30. The summed E-state index contributed by atoms with van der Waals surface area (Å²) >= 11 is 0. The summed E-state index contributed by atoms with van der Waals surface area (Å²) in [4.78, 5) is 63.9. The van der Waals surface area contributed by atoms with Crippen LogP contribution in [0.3, 0.4) is 0 Å². The molecule has 5 aromatic rings. The number of hydrogen-bond acceptors (Lipinski definition) is 11. The monoisotopic (exact) mass is 664 g/mol. The molecular formula is C35H32N6O8. The number of ether oxygens (including phenoxy) is 4. The van der Waals surface area contributed by atoms with Gasteiger partial charge in [-0.2, -0.15) is 0 Å². The number of fused-ring (bicyclic) bond motifs is 4. The lowest BCUT2D eigenvalue weighted by atomic mass is 10.0. The molecule has 4 aromatic heterocycles. The van der Waals surface area contributed by atoms with Crippen molar-refractivity contribution in [2.45, 2.75) is 18.9 Å². The van der Waals surface area contributed by atoms with E-state index in [0.29, 0.717) is 38.1 Å². The average molecular weight is 665 g/mol. The molecule has 2 aliphatic heterocycles. The number of aromatic nitrogens is 4. The lowest BCUT2D eigenvalue weighted by molar-refractivity contribution is -0.136. The second-order valence-corrected chi connectivity index (χ2v) is 11.5. The highest BCUT2D eigenvalue weighted by Crippen LogP contribution is 2.31. The number of imide groups is 2. The second-order valence-electron chi connectivity index (χ2n) is 11.5. The van der Waals surface area contributed by atoms with Gasteiger partial charge in [0.2, 0.25) is 17.7 Å². The van der Waals surface area contributed by atoms with Gasteiger partial charge in [0.05, 0.1) is 48.8 Å². The predicted molar refractivity (Wildman–Crippen MR) is 175 cm³/mol.